The predicted molar refractivity (Wildman–Crippen MR) is 115 cm³/mol. The van der Waals surface area contributed by atoms with Gasteiger partial charge in [0.2, 0.25) is 0 Å². The maximum Gasteiger partial charge on any atom is 0.293 e. The van der Waals surface area contributed by atoms with Gasteiger partial charge in [-0.1, -0.05) is 36.4 Å². The maximum atomic E-state index is 12.3. The predicted octanol–water partition coefficient (Wildman–Crippen LogP) is 6.01. The van der Waals surface area contributed by atoms with Crippen LogP contribution in [0.25, 0.3) is 6.08 Å². The Bertz CT molecular complexity index is 905. The Balaban J connectivity index is 1.79. The van der Waals surface area contributed by atoms with Crippen molar-refractivity contribution in [1.29, 1.82) is 0 Å². The van der Waals surface area contributed by atoms with E-state index in [0.29, 0.717) is 17.3 Å². The standard InChI is InChI=1S/C20H15Br2NO3S/c1-2-8-23-19(24)17(27-20(23)25)11-14-9-15(21)18(16(22)10-14)26-12-13-6-4-3-5-7-13/h2-7,9-11H,1,8,12H2/b17-11+. The lowest BCUT2D eigenvalue weighted by atomic mass is 10.2. The highest BCUT2D eigenvalue weighted by Crippen LogP contribution is 2.38. The minimum absolute atomic E-state index is 0.210. The fraction of sp³-hybridized carbons (Fsp3) is 0.100. The van der Waals surface area contributed by atoms with Crippen molar-refractivity contribution >= 4 is 60.8 Å². The molecule has 0 unspecified atom stereocenters. The number of amides is 2. The van der Waals surface area contributed by atoms with Crippen molar-refractivity contribution in [3.05, 3.63) is 80.1 Å². The van der Waals surface area contributed by atoms with Crippen LogP contribution in [0, 0.1) is 0 Å². The zero-order valence-corrected chi connectivity index (χ0v) is 18.1. The van der Waals surface area contributed by atoms with E-state index in [9.17, 15) is 9.59 Å². The molecule has 0 aliphatic carbocycles. The third-order valence-corrected chi connectivity index (χ3v) is 5.82. The Morgan fingerprint density at radius 2 is 1.78 bits per heavy atom. The van der Waals surface area contributed by atoms with Gasteiger partial charge in [0.25, 0.3) is 11.1 Å². The summed E-state index contributed by atoms with van der Waals surface area (Å²) in [6, 6.07) is 13.6. The largest absolute Gasteiger partial charge is 0.487 e. The van der Waals surface area contributed by atoms with E-state index in [1.165, 1.54) is 11.0 Å². The van der Waals surface area contributed by atoms with Crippen LogP contribution in [0.5, 0.6) is 5.75 Å². The molecule has 0 N–H and O–H groups in total. The number of carbonyl (C=O) groups is 2. The summed E-state index contributed by atoms with van der Waals surface area (Å²) in [6.07, 6.45) is 3.23. The van der Waals surface area contributed by atoms with Gasteiger partial charge in [-0.15, -0.1) is 6.58 Å². The van der Waals surface area contributed by atoms with E-state index in [1.54, 1.807) is 6.08 Å². The highest BCUT2D eigenvalue weighted by Gasteiger charge is 2.34. The average Bonchev–Trinajstić information content (AvgIpc) is 2.90. The molecule has 3 rings (SSSR count). The van der Waals surface area contributed by atoms with E-state index < -0.39 is 0 Å². The summed E-state index contributed by atoms with van der Waals surface area (Å²) in [6.45, 7) is 4.23. The zero-order valence-electron chi connectivity index (χ0n) is 14.2. The molecule has 7 heteroatoms. The monoisotopic (exact) mass is 507 g/mol. The Hall–Kier alpha value is -1.83. The number of hydrogen-bond donors (Lipinski definition) is 0. The van der Waals surface area contributed by atoms with Crippen LogP contribution < -0.4 is 4.74 Å². The SMILES string of the molecule is C=CCN1C(=O)S/C(=C/c2cc(Br)c(OCc3ccccc3)c(Br)c2)C1=O. The van der Waals surface area contributed by atoms with Crippen molar-refractivity contribution < 1.29 is 14.3 Å². The molecule has 2 aromatic carbocycles. The van der Waals surface area contributed by atoms with Crippen molar-refractivity contribution in [3.63, 3.8) is 0 Å². The molecule has 0 atom stereocenters. The first-order valence-electron chi connectivity index (χ1n) is 8.01. The summed E-state index contributed by atoms with van der Waals surface area (Å²) >= 11 is 7.96. The summed E-state index contributed by atoms with van der Waals surface area (Å²) < 4.78 is 7.41. The fourth-order valence-corrected chi connectivity index (χ4v) is 4.77. The van der Waals surface area contributed by atoms with Crippen LogP contribution in [0.1, 0.15) is 11.1 Å². The second-order valence-electron chi connectivity index (χ2n) is 5.67. The van der Waals surface area contributed by atoms with Gasteiger partial charge in [0, 0.05) is 6.54 Å². The van der Waals surface area contributed by atoms with Crippen molar-refractivity contribution in [2.75, 3.05) is 6.54 Å². The van der Waals surface area contributed by atoms with Gasteiger partial charge in [0.1, 0.15) is 12.4 Å². The molecule has 0 radical (unpaired) electrons. The first-order valence-corrected chi connectivity index (χ1v) is 10.4. The molecule has 1 saturated heterocycles. The van der Waals surface area contributed by atoms with Crippen LogP contribution in [0.3, 0.4) is 0 Å². The number of thioether (sulfide) groups is 1. The Morgan fingerprint density at radius 3 is 2.41 bits per heavy atom. The molecule has 4 nitrogen and oxygen atoms in total. The first-order chi connectivity index (χ1) is 13.0. The van der Waals surface area contributed by atoms with Crippen molar-refractivity contribution in [1.82, 2.24) is 4.90 Å². The summed E-state index contributed by atoms with van der Waals surface area (Å²) in [5, 5.41) is -0.285. The summed E-state index contributed by atoms with van der Waals surface area (Å²) in [5.74, 6) is 0.373. The number of hydrogen-bond acceptors (Lipinski definition) is 4. The average molecular weight is 509 g/mol. The third kappa shape index (κ3) is 4.72. The minimum Gasteiger partial charge on any atom is -0.487 e. The number of benzene rings is 2. The maximum absolute atomic E-state index is 12.3. The number of ether oxygens (including phenoxy) is 1. The van der Waals surface area contributed by atoms with Crippen molar-refractivity contribution in [2.24, 2.45) is 0 Å². The molecule has 0 saturated carbocycles. The van der Waals surface area contributed by atoms with Gasteiger partial charge in [0.15, 0.2) is 0 Å². The first kappa shape index (κ1) is 19.9. The number of nitrogens with zero attached hydrogens (tertiary/aromatic N) is 1. The van der Waals surface area contributed by atoms with Crippen LogP contribution in [0.4, 0.5) is 4.79 Å². The van der Waals surface area contributed by atoms with Gasteiger partial charge in [0.05, 0.1) is 13.9 Å². The van der Waals surface area contributed by atoms with Crippen molar-refractivity contribution in [3.8, 4) is 5.75 Å². The summed E-state index contributed by atoms with van der Waals surface area (Å²) in [4.78, 5) is 25.8. The van der Waals surface area contributed by atoms with Crippen LogP contribution in [-0.2, 0) is 11.4 Å². The smallest absolute Gasteiger partial charge is 0.293 e. The quantitative estimate of drug-likeness (QED) is 0.354. The lowest BCUT2D eigenvalue weighted by molar-refractivity contribution is -0.122. The number of carbonyl (C=O) groups excluding carboxylic acids is 2. The molecule has 1 heterocycles. The van der Waals surface area contributed by atoms with E-state index in [-0.39, 0.29) is 17.7 Å². The van der Waals surface area contributed by atoms with E-state index in [0.717, 1.165) is 31.8 Å². The summed E-state index contributed by atoms with van der Waals surface area (Å²) in [5.41, 5.74) is 1.85. The molecule has 1 fully saturated rings. The Labute approximate surface area is 178 Å². The highest BCUT2D eigenvalue weighted by atomic mass is 79.9. The van der Waals surface area contributed by atoms with Gasteiger partial charge in [-0.2, -0.15) is 0 Å². The minimum atomic E-state index is -0.304. The van der Waals surface area contributed by atoms with Gasteiger partial charge in [-0.25, -0.2) is 0 Å². The molecule has 138 valence electrons. The molecular weight excluding hydrogens is 494 g/mol. The normalized spacial score (nSPS) is 15.5. The molecular formula is C20H15Br2NO3S. The number of imide groups is 1. The highest BCUT2D eigenvalue weighted by molar-refractivity contribution is 9.11. The van der Waals surface area contributed by atoms with E-state index in [4.69, 9.17) is 4.74 Å². The fourth-order valence-electron chi connectivity index (χ4n) is 2.47. The van der Waals surface area contributed by atoms with E-state index in [2.05, 4.69) is 38.4 Å². The van der Waals surface area contributed by atoms with E-state index >= 15 is 0 Å². The third-order valence-electron chi connectivity index (χ3n) is 3.73. The molecule has 2 aromatic rings. The topological polar surface area (TPSA) is 46.6 Å². The number of rotatable bonds is 6. The van der Waals surface area contributed by atoms with Crippen LogP contribution in [0.2, 0.25) is 0 Å². The lowest BCUT2D eigenvalue weighted by Gasteiger charge is -2.12. The van der Waals surface area contributed by atoms with Crippen molar-refractivity contribution in [2.45, 2.75) is 6.61 Å². The van der Waals surface area contributed by atoms with Crippen LogP contribution in [0.15, 0.2) is 69.0 Å². The Kier molecular flexibility index (Phi) is 6.57. The second-order valence-corrected chi connectivity index (χ2v) is 8.37. The molecule has 1 aliphatic heterocycles. The second kappa shape index (κ2) is 8.91. The van der Waals surface area contributed by atoms with Gasteiger partial charge in [-0.05, 0) is 73.0 Å². The molecule has 1 aliphatic rings. The van der Waals surface area contributed by atoms with Gasteiger partial charge < -0.3 is 4.74 Å². The van der Waals surface area contributed by atoms with Crippen LogP contribution >= 0.6 is 43.6 Å². The molecule has 27 heavy (non-hydrogen) atoms. The van der Waals surface area contributed by atoms with Gasteiger partial charge >= 0.3 is 0 Å². The lowest BCUT2D eigenvalue weighted by Crippen LogP contribution is -2.27. The molecule has 0 spiro atoms. The molecule has 0 bridgehead atoms. The molecule has 2 amide bonds. The van der Waals surface area contributed by atoms with Crippen LogP contribution in [-0.4, -0.2) is 22.6 Å². The number of halogens is 2. The zero-order chi connectivity index (χ0) is 19.4. The van der Waals surface area contributed by atoms with Gasteiger partial charge in [-0.3, -0.25) is 14.5 Å². The van der Waals surface area contributed by atoms with E-state index in [1.807, 2.05) is 42.5 Å². The molecule has 0 aromatic heterocycles. The Morgan fingerprint density at radius 1 is 1.11 bits per heavy atom. The summed E-state index contributed by atoms with van der Waals surface area (Å²) in [7, 11) is 0.